The van der Waals surface area contributed by atoms with E-state index in [1.54, 1.807) is 12.1 Å². The van der Waals surface area contributed by atoms with E-state index in [1.165, 1.54) is 27.6 Å². The summed E-state index contributed by atoms with van der Waals surface area (Å²) in [4.78, 5) is 27.1. The molecule has 2 amide bonds. The molecule has 0 aromatic carbocycles. The van der Waals surface area contributed by atoms with Crippen molar-refractivity contribution in [3.63, 3.8) is 0 Å². The van der Waals surface area contributed by atoms with Gasteiger partial charge in [0.2, 0.25) is 0 Å². The number of nitrogens with two attached hydrogens (primary N) is 1. The van der Waals surface area contributed by atoms with Crippen molar-refractivity contribution in [1.29, 1.82) is 0 Å². The monoisotopic (exact) mass is 356 g/mol. The molecule has 0 aliphatic carbocycles. The lowest BCUT2D eigenvalue weighted by molar-refractivity contribution is -0.895. The Morgan fingerprint density at radius 1 is 1.36 bits per heavy atom. The number of amides is 2. The summed E-state index contributed by atoms with van der Waals surface area (Å²) in [6.45, 7) is 1.80. The van der Waals surface area contributed by atoms with Crippen molar-refractivity contribution in [3.8, 4) is 0 Å². The fourth-order valence-corrected chi connectivity index (χ4v) is 4.87. The third kappa shape index (κ3) is 2.89. The first kappa shape index (κ1) is 15.5. The molecule has 2 aromatic heterocycles. The summed E-state index contributed by atoms with van der Waals surface area (Å²) in [5, 5.41) is 3.36. The second-order valence-electron chi connectivity index (χ2n) is 5.26. The van der Waals surface area contributed by atoms with Gasteiger partial charge < -0.3 is 16.0 Å². The summed E-state index contributed by atoms with van der Waals surface area (Å²) in [7, 11) is 2.11. The number of likely N-dealkylation sites (N-methyl/N-ethyl adjacent to an activating group) is 1. The van der Waals surface area contributed by atoms with Crippen LogP contribution in [0.4, 0.5) is 5.00 Å². The molecule has 8 heteroatoms. The van der Waals surface area contributed by atoms with Crippen LogP contribution in [0.5, 0.6) is 0 Å². The molecule has 2 aromatic rings. The lowest BCUT2D eigenvalue weighted by atomic mass is 10.0. The maximum absolute atomic E-state index is 12.3. The SMILES string of the molecule is C[NH+]1CCc2c(sc(NC(=O)c3ccc(Cl)s3)c2C(N)=O)C1. The third-order valence-corrected chi connectivity index (χ3v) is 6.00. The van der Waals surface area contributed by atoms with Gasteiger partial charge >= 0.3 is 0 Å². The Labute approximate surface area is 140 Å². The van der Waals surface area contributed by atoms with Gasteiger partial charge in [0.05, 0.1) is 33.2 Å². The molecular weight excluding hydrogens is 342 g/mol. The molecule has 1 atom stereocenters. The fourth-order valence-electron chi connectivity index (χ4n) is 2.57. The van der Waals surface area contributed by atoms with E-state index in [9.17, 15) is 9.59 Å². The molecule has 3 rings (SSSR count). The van der Waals surface area contributed by atoms with Crippen molar-refractivity contribution in [2.24, 2.45) is 5.73 Å². The normalized spacial score (nSPS) is 17.1. The minimum absolute atomic E-state index is 0.265. The standard InChI is InChI=1S/C14H14ClN3O2S2/c1-18-5-4-7-9(6-18)22-14(11(7)12(16)19)17-13(20)8-2-3-10(15)21-8/h2-3H,4-6H2,1H3,(H2,16,19)(H,17,20)/p+1. The maximum atomic E-state index is 12.3. The number of thiophene rings is 2. The number of nitrogens with one attached hydrogen (secondary N) is 2. The Balaban J connectivity index is 1.93. The van der Waals surface area contributed by atoms with Crippen molar-refractivity contribution in [2.75, 3.05) is 18.9 Å². The zero-order chi connectivity index (χ0) is 15.9. The predicted molar refractivity (Wildman–Crippen MR) is 89.3 cm³/mol. The van der Waals surface area contributed by atoms with Crippen LogP contribution in [0.25, 0.3) is 0 Å². The molecule has 1 aliphatic heterocycles. The Morgan fingerprint density at radius 2 is 2.14 bits per heavy atom. The van der Waals surface area contributed by atoms with E-state index in [0.29, 0.717) is 19.8 Å². The predicted octanol–water partition coefficient (Wildman–Crippen LogP) is 1.39. The number of carbonyl (C=O) groups excluding carboxylic acids is 2. The molecule has 1 unspecified atom stereocenters. The highest BCUT2D eigenvalue weighted by atomic mass is 35.5. The Bertz CT molecular complexity index is 753. The zero-order valence-corrected chi connectivity index (χ0v) is 14.3. The van der Waals surface area contributed by atoms with Crippen molar-refractivity contribution < 1.29 is 14.5 Å². The van der Waals surface area contributed by atoms with Crippen LogP contribution in [0.2, 0.25) is 4.34 Å². The summed E-state index contributed by atoms with van der Waals surface area (Å²) in [5.41, 5.74) is 6.98. The first-order chi connectivity index (χ1) is 10.5. The van der Waals surface area contributed by atoms with Crippen LogP contribution in [0.15, 0.2) is 12.1 Å². The van der Waals surface area contributed by atoms with Crippen molar-refractivity contribution >= 4 is 51.1 Å². The van der Waals surface area contributed by atoms with Crippen LogP contribution in [-0.4, -0.2) is 25.4 Å². The van der Waals surface area contributed by atoms with Crippen molar-refractivity contribution in [3.05, 3.63) is 37.4 Å². The van der Waals surface area contributed by atoms with Crippen LogP contribution >= 0.6 is 34.3 Å². The highest BCUT2D eigenvalue weighted by Gasteiger charge is 2.28. The lowest BCUT2D eigenvalue weighted by Gasteiger charge is -2.19. The van der Waals surface area contributed by atoms with Gasteiger partial charge in [-0.25, -0.2) is 0 Å². The molecule has 0 saturated heterocycles. The number of quaternary nitrogens is 1. The minimum Gasteiger partial charge on any atom is -0.365 e. The molecule has 5 nitrogen and oxygen atoms in total. The molecule has 116 valence electrons. The molecular formula is C14H15ClN3O2S2+. The number of anilines is 1. The van der Waals surface area contributed by atoms with Crippen molar-refractivity contribution in [2.45, 2.75) is 13.0 Å². The molecule has 22 heavy (non-hydrogen) atoms. The van der Waals surface area contributed by atoms with E-state index in [-0.39, 0.29) is 5.91 Å². The largest absolute Gasteiger partial charge is 0.365 e. The molecule has 0 spiro atoms. The molecule has 0 saturated carbocycles. The second kappa shape index (κ2) is 6.00. The molecule has 0 fully saturated rings. The van der Waals surface area contributed by atoms with Gasteiger partial charge in [-0.3, -0.25) is 9.59 Å². The number of fused-ring (bicyclic) bond motifs is 1. The minimum atomic E-state index is -0.489. The van der Waals surface area contributed by atoms with Crippen molar-refractivity contribution in [1.82, 2.24) is 0 Å². The number of primary amides is 1. The summed E-state index contributed by atoms with van der Waals surface area (Å²) in [6.07, 6.45) is 0.802. The van der Waals surface area contributed by atoms with Gasteiger partial charge in [0.1, 0.15) is 11.5 Å². The molecule has 0 bridgehead atoms. The maximum Gasteiger partial charge on any atom is 0.266 e. The van der Waals surface area contributed by atoms with Crippen LogP contribution < -0.4 is 16.0 Å². The highest BCUT2D eigenvalue weighted by Crippen LogP contribution is 2.35. The number of carbonyl (C=O) groups is 2. The van der Waals surface area contributed by atoms with Gasteiger partial charge in [-0.2, -0.15) is 0 Å². The van der Waals surface area contributed by atoms with Gasteiger partial charge in [0, 0.05) is 6.42 Å². The Kier molecular flexibility index (Phi) is 4.22. The van der Waals surface area contributed by atoms with E-state index in [4.69, 9.17) is 17.3 Å². The molecule has 3 heterocycles. The summed E-state index contributed by atoms with van der Waals surface area (Å²) in [5.74, 6) is -0.754. The first-order valence-electron chi connectivity index (χ1n) is 6.78. The summed E-state index contributed by atoms with van der Waals surface area (Å²) >= 11 is 8.50. The highest BCUT2D eigenvalue weighted by molar-refractivity contribution is 7.18. The molecule has 0 radical (unpaired) electrons. The number of hydrogen-bond acceptors (Lipinski definition) is 4. The lowest BCUT2D eigenvalue weighted by Crippen LogP contribution is -3.08. The van der Waals surface area contributed by atoms with Crippen LogP contribution in [0, 0.1) is 0 Å². The average Bonchev–Trinajstić information content (AvgIpc) is 3.01. The smallest absolute Gasteiger partial charge is 0.266 e. The quantitative estimate of drug-likeness (QED) is 0.777. The summed E-state index contributed by atoms with van der Waals surface area (Å²) < 4.78 is 0.552. The van der Waals surface area contributed by atoms with Gasteiger partial charge in [-0.05, 0) is 17.7 Å². The van der Waals surface area contributed by atoms with E-state index in [0.717, 1.165) is 30.0 Å². The van der Waals surface area contributed by atoms with Crippen LogP contribution in [0.1, 0.15) is 30.5 Å². The molecule has 1 aliphatic rings. The number of hydrogen-bond donors (Lipinski definition) is 3. The topological polar surface area (TPSA) is 76.6 Å². The number of rotatable bonds is 3. The third-order valence-electron chi connectivity index (χ3n) is 3.63. The fraction of sp³-hybridized carbons (Fsp3) is 0.286. The number of halogens is 1. The molecule has 4 N–H and O–H groups in total. The van der Waals surface area contributed by atoms with Gasteiger partial charge in [-0.15, -0.1) is 22.7 Å². The van der Waals surface area contributed by atoms with E-state index >= 15 is 0 Å². The second-order valence-corrected chi connectivity index (χ2v) is 8.08. The summed E-state index contributed by atoms with van der Waals surface area (Å²) in [6, 6.07) is 3.34. The Hall–Kier alpha value is -1.41. The van der Waals surface area contributed by atoms with E-state index in [2.05, 4.69) is 12.4 Å². The van der Waals surface area contributed by atoms with Gasteiger partial charge in [-0.1, -0.05) is 11.6 Å². The van der Waals surface area contributed by atoms with Gasteiger partial charge in [0.25, 0.3) is 11.8 Å². The van der Waals surface area contributed by atoms with E-state index < -0.39 is 5.91 Å². The van der Waals surface area contributed by atoms with Gasteiger partial charge in [0.15, 0.2) is 0 Å². The van der Waals surface area contributed by atoms with Crippen LogP contribution in [-0.2, 0) is 13.0 Å². The average molecular weight is 357 g/mol. The van der Waals surface area contributed by atoms with E-state index in [1.807, 2.05) is 0 Å². The van der Waals surface area contributed by atoms with Crippen LogP contribution in [0.3, 0.4) is 0 Å². The Morgan fingerprint density at radius 3 is 2.77 bits per heavy atom. The zero-order valence-electron chi connectivity index (χ0n) is 11.9. The first-order valence-corrected chi connectivity index (χ1v) is 8.79.